The number of rotatable bonds is 5. The number of nitrogens with two attached hydrogens (primary N) is 1. The molecule has 2 heterocycles. The summed E-state index contributed by atoms with van der Waals surface area (Å²) < 4.78 is 1.93. The lowest BCUT2D eigenvalue weighted by molar-refractivity contribution is 0.0784. The first-order chi connectivity index (χ1) is 9.49. The van der Waals surface area contributed by atoms with Gasteiger partial charge in [-0.2, -0.15) is 0 Å². The van der Waals surface area contributed by atoms with E-state index in [4.69, 9.17) is 5.73 Å². The zero-order chi connectivity index (χ0) is 14.7. The van der Waals surface area contributed by atoms with Gasteiger partial charge in [0.05, 0.1) is 5.69 Å². The van der Waals surface area contributed by atoms with E-state index < -0.39 is 0 Å². The van der Waals surface area contributed by atoms with Crippen LogP contribution in [0, 0.1) is 0 Å². The number of carbonyl (C=O) groups is 1. The van der Waals surface area contributed by atoms with Crippen molar-refractivity contribution < 1.29 is 4.79 Å². The van der Waals surface area contributed by atoms with Crippen molar-refractivity contribution in [3.8, 4) is 0 Å². The van der Waals surface area contributed by atoms with Crippen molar-refractivity contribution in [2.45, 2.75) is 26.3 Å². The molecule has 2 aromatic rings. The van der Waals surface area contributed by atoms with Gasteiger partial charge in [0.2, 0.25) is 0 Å². The van der Waals surface area contributed by atoms with Gasteiger partial charge in [0.15, 0.2) is 0 Å². The normalized spacial score (nSPS) is 11.0. The number of nitrogens with zero attached hydrogens (tertiary/aromatic N) is 2. The molecule has 0 spiro atoms. The van der Waals surface area contributed by atoms with Crippen LogP contribution in [0.15, 0.2) is 29.8 Å². The minimum absolute atomic E-state index is 0.0203. The number of hydrogen-bond donors (Lipinski definition) is 1. The van der Waals surface area contributed by atoms with Crippen LogP contribution in [0.4, 0.5) is 5.69 Å². The van der Waals surface area contributed by atoms with Crippen LogP contribution < -0.4 is 5.73 Å². The van der Waals surface area contributed by atoms with Crippen molar-refractivity contribution in [2.75, 3.05) is 19.3 Å². The summed E-state index contributed by atoms with van der Waals surface area (Å²) in [5.41, 5.74) is 7.11. The minimum atomic E-state index is 0.0203. The molecule has 0 unspecified atom stereocenters. The van der Waals surface area contributed by atoms with E-state index in [0.717, 1.165) is 6.42 Å². The Morgan fingerprint density at radius 1 is 1.50 bits per heavy atom. The molecule has 0 atom stereocenters. The maximum Gasteiger partial charge on any atom is 0.270 e. The van der Waals surface area contributed by atoms with Gasteiger partial charge in [0.25, 0.3) is 5.91 Å². The van der Waals surface area contributed by atoms with Crippen molar-refractivity contribution in [3.05, 3.63) is 40.3 Å². The zero-order valence-corrected chi connectivity index (χ0v) is 13.0. The molecule has 0 aliphatic carbocycles. The average molecular weight is 291 g/mol. The monoisotopic (exact) mass is 291 g/mol. The van der Waals surface area contributed by atoms with Crippen molar-refractivity contribution in [2.24, 2.45) is 0 Å². The first-order valence-electron chi connectivity index (χ1n) is 6.74. The molecule has 0 aromatic carbocycles. The van der Waals surface area contributed by atoms with E-state index in [2.05, 4.69) is 11.4 Å². The van der Waals surface area contributed by atoms with E-state index in [1.807, 2.05) is 37.7 Å². The highest BCUT2D eigenvalue weighted by molar-refractivity contribution is 7.09. The van der Waals surface area contributed by atoms with Crippen LogP contribution in [0.25, 0.3) is 0 Å². The summed E-state index contributed by atoms with van der Waals surface area (Å²) in [7, 11) is 1.84. The van der Waals surface area contributed by atoms with Crippen LogP contribution >= 0.6 is 11.3 Å². The molecule has 108 valence electrons. The van der Waals surface area contributed by atoms with Crippen LogP contribution in [0.1, 0.15) is 35.3 Å². The zero-order valence-electron chi connectivity index (χ0n) is 12.2. The van der Waals surface area contributed by atoms with E-state index in [0.29, 0.717) is 17.9 Å². The van der Waals surface area contributed by atoms with Gasteiger partial charge in [-0.1, -0.05) is 6.07 Å². The van der Waals surface area contributed by atoms with E-state index >= 15 is 0 Å². The SMILES string of the molecule is CC(C)n1cc(N)cc1C(=O)N(C)CCc1cccs1. The van der Waals surface area contributed by atoms with Crippen molar-refractivity contribution in [3.63, 3.8) is 0 Å². The lowest BCUT2D eigenvalue weighted by Crippen LogP contribution is -2.30. The first-order valence-corrected chi connectivity index (χ1v) is 7.62. The number of carbonyl (C=O) groups excluding carboxylic acids is 1. The summed E-state index contributed by atoms with van der Waals surface area (Å²) in [6.07, 6.45) is 2.71. The Kier molecular flexibility index (Phi) is 4.49. The Hall–Kier alpha value is -1.75. The molecule has 1 amide bonds. The number of likely N-dealkylation sites (N-methyl/N-ethyl adjacent to an activating group) is 1. The number of amides is 1. The summed E-state index contributed by atoms with van der Waals surface area (Å²) >= 11 is 1.72. The third-order valence-electron chi connectivity index (χ3n) is 3.27. The smallest absolute Gasteiger partial charge is 0.270 e. The highest BCUT2D eigenvalue weighted by Gasteiger charge is 2.18. The van der Waals surface area contributed by atoms with Gasteiger partial charge in [-0.3, -0.25) is 4.79 Å². The largest absolute Gasteiger partial charge is 0.397 e. The maximum absolute atomic E-state index is 12.5. The molecule has 0 saturated heterocycles. The number of nitrogen functional groups attached to an aromatic ring is 1. The number of hydrogen-bond acceptors (Lipinski definition) is 3. The second-order valence-electron chi connectivity index (χ2n) is 5.22. The van der Waals surface area contributed by atoms with Gasteiger partial charge in [-0.05, 0) is 37.8 Å². The van der Waals surface area contributed by atoms with Crippen LogP contribution in [0.2, 0.25) is 0 Å². The second-order valence-corrected chi connectivity index (χ2v) is 6.25. The Bertz CT molecular complexity index is 572. The molecule has 20 heavy (non-hydrogen) atoms. The fourth-order valence-corrected chi connectivity index (χ4v) is 2.83. The van der Waals surface area contributed by atoms with Crippen LogP contribution in [0.3, 0.4) is 0 Å². The third-order valence-corrected chi connectivity index (χ3v) is 4.20. The van der Waals surface area contributed by atoms with Crippen molar-refractivity contribution in [1.29, 1.82) is 0 Å². The molecule has 2 rings (SSSR count). The average Bonchev–Trinajstić information content (AvgIpc) is 3.03. The summed E-state index contributed by atoms with van der Waals surface area (Å²) in [5.74, 6) is 0.0203. The Morgan fingerprint density at radius 2 is 2.25 bits per heavy atom. The third kappa shape index (κ3) is 3.22. The van der Waals surface area contributed by atoms with Crippen LogP contribution in [-0.2, 0) is 6.42 Å². The number of anilines is 1. The van der Waals surface area contributed by atoms with Crippen molar-refractivity contribution >= 4 is 22.9 Å². The summed E-state index contributed by atoms with van der Waals surface area (Å²) in [5, 5.41) is 2.06. The van der Waals surface area contributed by atoms with Gasteiger partial charge in [-0.25, -0.2) is 0 Å². The molecule has 0 radical (unpaired) electrons. The van der Waals surface area contributed by atoms with E-state index in [1.165, 1.54) is 4.88 Å². The number of aromatic nitrogens is 1. The first kappa shape index (κ1) is 14.7. The molecule has 0 bridgehead atoms. The van der Waals surface area contributed by atoms with Gasteiger partial charge in [-0.15, -0.1) is 11.3 Å². The fraction of sp³-hybridized carbons (Fsp3) is 0.400. The van der Waals surface area contributed by atoms with Gasteiger partial charge >= 0.3 is 0 Å². The van der Waals surface area contributed by atoms with Crippen molar-refractivity contribution in [1.82, 2.24) is 9.47 Å². The van der Waals surface area contributed by atoms with Gasteiger partial charge < -0.3 is 15.2 Å². The molecular formula is C15H21N3OS. The molecule has 2 aromatic heterocycles. The molecule has 0 fully saturated rings. The Balaban J connectivity index is 2.06. The highest BCUT2D eigenvalue weighted by atomic mass is 32.1. The van der Waals surface area contributed by atoms with Crippen LogP contribution in [-0.4, -0.2) is 29.0 Å². The summed E-state index contributed by atoms with van der Waals surface area (Å²) in [6.45, 7) is 4.80. The molecule has 0 saturated carbocycles. The Morgan fingerprint density at radius 3 is 2.85 bits per heavy atom. The molecule has 5 heteroatoms. The van der Waals surface area contributed by atoms with E-state index in [-0.39, 0.29) is 11.9 Å². The summed E-state index contributed by atoms with van der Waals surface area (Å²) in [4.78, 5) is 15.5. The van der Waals surface area contributed by atoms with Crippen LogP contribution in [0.5, 0.6) is 0 Å². The van der Waals surface area contributed by atoms with Gasteiger partial charge in [0.1, 0.15) is 5.69 Å². The predicted octanol–water partition coefficient (Wildman–Crippen LogP) is 3.03. The molecule has 2 N–H and O–H groups in total. The highest BCUT2D eigenvalue weighted by Crippen LogP contribution is 2.18. The van der Waals surface area contributed by atoms with E-state index in [9.17, 15) is 4.79 Å². The van der Waals surface area contributed by atoms with E-state index in [1.54, 1.807) is 22.3 Å². The molecular weight excluding hydrogens is 270 g/mol. The lowest BCUT2D eigenvalue weighted by atomic mass is 10.3. The standard InChI is InChI=1S/C15H21N3OS/c1-11(2)18-10-12(16)9-14(18)15(19)17(3)7-6-13-5-4-8-20-13/h4-5,8-11H,6-7,16H2,1-3H3. The topological polar surface area (TPSA) is 51.3 Å². The molecule has 0 aliphatic rings. The second kappa shape index (κ2) is 6.13. The Labute approximate surface area is 123 Å². The predicted molar refractivity (Wildman–Crippen MR) is 84.2 cm³/mol. The summed E-state index contributed by atoms with van der Waals surface area (Å²) in [6, 6.07) is 6.10. The minimum Gasteiger partial charge on any atom is -0.397 e. The van der Waals surface area contributed by atoms with Gasteiger partial charge in [0, 0.05) is 30.7 Å². The quantitative estimate of drug-likeness (QED) is 0.920. The number of thiophene rings is 1. The maximum atomic E-state index is 12.5. The fourth-order valence-electron chi connectivity index (χ4n) is 2.13. The molecule has 4 nitrogen and oxygen atoms in total. The molecule has 0 aliphatic heterocycles. The lowest BCUT2D eigenvalue weighted by Gasteiger charge is -2.19.